The van der Waals surface area contributed by atoms with Crippen LogP contribution in [-0.2, 0) is 0 Å². The van der Waals surface area contributed by atoms with Crippen LogP contribution in [0.5, 0.6) is 0 Å². The first-order valence-electron chi connectivity index (χ1n) is 4.32. The van der Waals surface area contributed by atoms with Crippen molar-refractivity contribution in [2.75, 3.05) is 5.33 Å². The molecule has 0 aromatic carbocycles. The molecule has 0 atom stereocenters. The number of alkyl halides is 1. The third-order valence-electron chi connectivity index (χ3n) is 1.69. The molecule has 0 aliphatic rings. The SMILES string of the molecule is Cc1nc(C#CCCBr)ccc1[N+](=O)[O-]. The summed E-state index contributed by atoms with van der Waals surface area (Å²) in [5, 5.41) is 11.3. The molecule has 0 aliphatic heterocycles. The lowest BCUT2D eigenvalue weighted by molar-refractivity contribution is -0.385. The van der Waals surface area contributed by atoms with Crippen molar-refractivity contribution in [1.82, 2.24) is 4.98 Å². The molecule has 0 spiro atoms. The molecular formula is C10H9BrN2O2. The van der Waals surface area contributed by atoms with Gasteiger partial charge in [-0.1, -0.05) is 21.9 Å². The largest absolute Gasteiger partial charge is 0.290 e. The quantitative estimate of drug-likeness (QED) is 0.358. The number of nitrogens with zero attached hydrogens (tertiary/aromatic N) is 2. The molecule has 0 saturated heterocycles. The number of pyridine rings is 1. The van der Waals surface area contributed by atoms with Gasteiger partial charge in [-0.05, 0) is 18.9 Å². The summed E-state index contributed by atoms with van der Waals surface area (Å²) in [6, 6.07) is 2.99. The summed E-state index contributed by atoms with van der Waals surface area (Å²) < 4.78 is 0. The molecule has 0 aliphatic carbocycles. The molecule has 0 saturated carbocycles. The maximum Gasteiger partial charge on any atom is 0.290 e. The molecule has 1 rings (SSSR count). The van der Waals surface area contributed by atoms with E-state index in [-0.39, 0.29) is 5.69 Å². The van der Waals surface area contributed by atoms with Crippen LogP contribution in [0.2, 0.25) is 0 Å². The molecule has 0 unspecified atom stereocenters. The highest BCUT2D eigenvalue weighted by Gasteiger charge is 2.10. The van der Waals surface area contributed by atoms with Gasteiger partial charge in [0.05, 0.1) is 4.92 Å². The van der Waals surface area contributed by atoms with Crippen molar-refractivity contribution in [2.45, 2.75) is 13.3 Å². The van der Waals surface area contributed by atoms with Crippen molar-refractivity contribution >= 4 is 21.6 Å². The predicted octanol–water partition coefficient (Wildman–Crippen LogP) is 2.43. The van der Waals surface area contributed by atoms with Crippen LogP contribution >= 0.6 is 15.9 Å². The lowest BCUT2D eigenvalue weighted by Crippen LogP contribution is -1.95. The zero-order valence-electron chi connectivity index (χ0n) is 8.16. The Bertz CT molecular complexity index is 435. The lowest BCUT2D eigenvalue weighted by Gasteiger charge is -1.95. The molecule has 4 nitrogen and oxygen atoms in total. The summed E-state index contributed by atoms with van der Waals surface area (Å²) >= 11 is 3.26. The maximum atomic E-state index is 10.5. The van der Waals surface area contributed by atoms with Gasteiger partial charge >= 0.3 is 0 Å². The monoisotopic (exact) mass is 268 g/mol. The van der Waals surface area contributed by atoms with E-state index in [1.807, 2.05) is 0 Å². The standard InChI is InChI=1S/C10H9BrN2O2/c1-8-10(13(14)15)6-5-9(12-8)4-2-3-7-11/h5-6H,3,7H2,1H3. The van der Waals surface area contributed by atoms with Gasteiger partial charge < -0.3 is 0 Å². The van der Waals surface area contributed by atoms with E-state index in [4.69, 9.17) is 0 Å². The van der Waals surface area contributed by atoms with Gasteiger partial charge in [-0.15, -0.1) is 0 Å². The fourth-order valence-electron chi connectivity index (χ4n) is 1.02. The molecule has 0 bridgehead atoms. The van der Waals surface area contributed by atoms with E-state index in [0.29, 0.717) is 11.4 Å². The Labute approximate surface area is 96.0 Å². The van der Waals surface area contributed by atoms with Crippen LogP contribution in [0.15, 0.2) is 12.1 Å². The van der Waals surface area contributed by atoms with Gasteiger partial charge in [0, 0.05) is 17.8 Å². The van der Waals surface area contributed by atoms with Gasteiger partial charge in [0.25, 0.3) is 5.69 Å². The fourth-order valence-corrected chi connectivity index (χ4v) is 1.21. The second kappa shape index (κ2) is 5.47. The van der Waals surface area contributed by atoms with Crippen molar-refractivity contribution in [3.63, 3.8) is 0 Å². The average Bonchev–Trinajstić information content (AvgIpc) is 2.17. The van der Waals surface area contributed by atoms with Crippen LogP contribution in [0.4, 0.5) is 5.69 Å². The second-order valence-electron chi connectivity index (χ2n) is 2.80. The van der Waals surface area contributed by atoms with E-state index in [9.17, 15) is 10.1 Å². The molecule has 0 radical (unpaired) electrons. The van der Waals surface area contributed by atoms with Crippen LogP contribution in [-0.4, -0.2) is 15.2 Å². The Kier molecular flexibility index (Phi) is 4.25. The van der Waals surface area contributed by atoms with Crippen molar-refractivity contribution in [3.05, 3.63) is 33.6 Å². The minimum atomic E-state index is -0.446. The summed E-state index contributed by atoms with van der Waals surface area (Å²) in [7, 11) is 0. The Morgan fingerprint density at radius 3 is 2.87 bits per heavy atom. The smallest absolute Gasteiger partial charge is 0.258 e. The van der Waals surface area contributed by atoms with Gasteiger partial charge in [0.1, 0.15) is 11.4 Å². The van der Waals surface area contributed by atoms with Crippen molar-refractivity contribution in [3.8, 4) is 11.8 Å². The van der Waals surface area contributed by atoms with Crippen molar-refractivity contribution < 1.29 is 4.92 Å². The van der Waals surface area contributed by atoms with Gasteiger partial charge in [0.15, 0.2) is 0 Å². The molecule has 15 heavy (non-hydrogen) atoms. The summed E-state index contributed by atoms with van der Waals surface area (Å²) in [4.78, 5) is 14.1. The first-order chi connectivity index (χ1) is 7.15. The number of hydrogen-bond donors (Lipinski definition) is 0. The second-order valence-corrected chi connectivity index (χ2v) is 3.59. The first kappa shape index (κ1) is 11.7. The third-order valence-corrected chi connectivity index (χ3v) is 2.09. The number of nitro groups is 1. The van der Waals surface area contributed by atoms with E-state index >= 15 is 0 Å². The molecule has 78 valence electrons. The number of aromatic nitrogens is 1. The summed E-state index contributed by atoms with van der Waals surface area (Å²) in [5.74, 6) is 5.74. The lowest BCUT2D eigenvalue weighted by atomic mass is 10.2. The Balaban J connectivity index is 2.93. The Morgan fingerprint density at radius 2 is 2.33 bits per heavy atom. The molecule has 0 fully saturated rings. The van der Waals surface area contributed by atoms with Crippen molar-refractivity contribution in [2.24, 2.45) is 0 Å². The van der Waals surface area contributed by atoms with Gasteiger partial charge in [-0.25, -0.2) is 4.98 Å². The van der Waals surface area contributed by atoms with Crippen LogP contribution in [0, 0.1) is 28.9 Å². The zero-order chi connectivity index (χ0) is 11.3. The molecule has 1 aromatic heterocycles. The highest BCUT2D eigenvalue weighted by molar-refractivity contribution is 9.09. The van der Waals surface area contributed by atoms with Gasteiger partial charge in [0.2, 0.25) is 0 Å². The van der Waals surface area contributed by atoms with Crippen LogP contribution < -0.4 is 0 Å². The molecule has 0 amide bonds. The fraction of sp³-hybridized carbons (Fsp3) is 0.300. The Morgan fingerprint density at radius 1 is 1.60 bits per heavy atom. The number of halogens is 1. The number of hydrogen-bond acceptors (Lipinski definition) is 3. The number of rotatable bonds is 2. The zero-order valence-corrected chi connectivity index (χ0v) is 9.74. The third kappa shape index (κ3) is 3.33. The van der Waals surface area contributed by atoms with Crippen molar-refractivity contribution in [1.29, 1.82) is 0 Å². The highest BCUT2D eigenvalue weighted by Crippen LogP contribution is 2.14. The minimum absolute atomic E-state index is 0.0287. The van der Waals surface area contributed by atoms with E-state index < -0.39 is 4.92 Å². The normalized spacial score (nSPS) is 9.20. The van der Waals surface area contributed by atoms with E-state index in [1.54, 1.807) is 13.0 Å². The molecular weight excluding hydrogens is 260 g/mol. The molecule has 1 aromatic rings. The van der Waals surface area contributed by atoms with Crippen LogP contribution in [0.1, 0.15) is 17.8 Å². The summed E-state index contributed by atoms with van der Waals surface area (Å²) in [5.41, 5.74) is 0.991. The summed E-state index contributed by atoms with van der Waals surface area (Å²) in [6.45, 7) is 1.60. The topological polar surface area (TPSA) is 56.0 Å². The van der Waals surface area contributed by atoms with E-state index in [1.165, 1.54) is 6.07 Å². The van der Waals surface area contributed by atoms with Crippen LogP contribution in [0.3, 0.4) is 0 Å². The first-order valence-corrected chi connectivity index (χ1v) is 5.44. The molecule has 5 heteroatoms. The molecule has 0 N–H and O–H groups in total. The van der Waals surface area contributed by atoms with Gasteiger partial charge in [-0.3, -0.25) is 10.1 Å². The molecule has 1 heterocycles. The van der Waals surface area contributed by atoms with Gasteiger partial charge in [-0.2, -0.15) is 0 Å². The minimum Gasteiger partial charge on any atom is -0.258 e. The van der Waals surface area contributed by atoms with E-state index in [2.05, 4.69) is 32.8 Å². The predicted molar refractivity (Wildman–Crippen MR) is 60.9 cm³/mol. The maximum absolute atomic E-state index is 10.5. The number of aryl methyl sites for hydroxylation is 1. The highest BCUT2D eigenvalue weighted by atomic mass is 79.9. The van der Waals surface area contributed by atoms with Crippen LogP contribution in [0.25, 0.3) is 0 Å². The van der Waals surface area contributed by atoms with E-state index in [0.717, 1.165) is 11.8 Å². The Hall–Kier alpha value is -1.41. The summed E-state index contributed by atoms with van der Waals surface area (Å²) in [6.07, 6.45) is 0.734. The average molecular weight is 269 g/mol.